The minimum absolute atomic E-state index is 0.144. The second kappa shape index (κ2) is 5.59. The lowest BCUT2D eigenvalue weighted by Gasteiger charge is -2.39. The minimum Gasteiger partial charge on any atom is -0.384 e. The Labute approximate surface area is 163 Å². The van der Waals surface area contributed by atoms with Gasteiger partial charge >= 0.3 is 0 Å². The van der Waals surface area contributed by atoms with Gasteiger partial charge in [-0.3, -0.25) is 14.2 Å². The zero-order valence-corrected chi connectivity index (χ0v) is 15.7. The smallest absolute Gasteiger partial charge is 0.276 e. The number of anilines is 3. The van der Waals surface area contributed by atoms with Gasteiger partial charge in [0.1, 0.15) is 42.9 Å². The molecule has 2 aromatic rings. The van der Waals surface area contributed by atoms with E-state index in [1.807, 2.05) is 6.92 Å². The number of nitrogen functional groups attached to an aromatic ring is 1. The predicted molar refractivity (Wildman–Crippen MR) is 106 cm³/mol. The number of aryl methyl sites for hydroxylation is 1. The molecule has 2 spiro atoms. The minimum atomic E-state index is -0.643. The van der Waals surface area contributed by atoms with E-state index in [1.54, 1.807) is 10.6 Å². The van der Waals surface area contributed by atoms with Gasteiger partial charge < -0.3 is 16.4 Å². The van der Waals surface area contributed by atoms with Crippen molar-refractivity contribution in [1.29, 1.82) is 0 Å². The zero-order chi connectivity index (χ0) is 19.7. The summed E-state index contributed by atoms with van der Waals surface area (Å²) in [4.78, 5) is 34.0. The summed E-state index contributed by atoms with van der Waals surface area (Å²) in [5.41, 5.74) is 6.94. The molecule has 9 heteroatoms. The zero-order valence-electron chi connectivity index (χ0n) is 15.7. The van der Waals surface area contributed by atoms with Crippen LogP contribution in [0.3, 0.4) is 0 Å². The molecule has 2 fully saturated rings. The van der Waals surface area contributed by atoms with E-state index in [0.717, 1.165) is 31.2 Å². The summed E-state index contributed by atoms with van der Waals surface area (Å²) in [6.07, 6.45) is 7.42. The van der Waals surface area contributed by atoms with Crippen molar-refractivity contribution in [3.63, 3.8) is 0 Å². The molecule has 0 aromatic carbocycles. The maximum absolute atomic E-state index is 13.4. The predicted octanol–water partition coefficient (Wildman–Crippen LogP) is 0.817. The van der Waals surface area contributed by atoms with Crippen LogP contribution in [0.2, 0.25) is 0 Å². The number of hydrogen-bond acceptors (Lipinski definition) is 6. The van der Waals surface area contributed by atoms with Crippen LogP contribution >= 0.6 is 0 Å². The van der Waals surface area contributed by atoms with Crippen molar-refractivity contribution in [3.8, 4) is 0 Å². The van der Waals surface area contributed by atoms with E-state index in [-0.39, 0.29) is 28.6 Å². The summed E-state index contributed by atoms with van der Waals surface area (Å²) >= 11 is 0. The topological polar surface area (TPSA) is 115 Å². The van der Waals surface area contributed by atoms with Crippen molar-refractivity contribution < 1.29 is 4.79 Å². The number of amides is 1. The van der Waals surface area contributed by atoms with Gasteiger partial charge in [-0.05, 0) is 68.0 Å². The number of pyridine rings is 1. The van der Waals surface area contributed by atoms with Crippen LogP contribution in [0.1, 0.15) is 54.6 Å². The maximum atomic E-state index is 13.4. The standard InChI is InChI=1S/C19H21BN6O2/c1-10-8-11(24-15-12(20)14(21)22-9-23-15)17(28)26-13(10)16(27)25-19(26)6-4-18(2-3-18)5-7-19/h8-9H,2-7H2,1H3,(H,25,27)(H3,21,22,23,24). The Morgan fingerprint density at radius 1 is 1.18 bits per heavy atom. The number of carbonyl (C=O) groups is 1. The van der Waals surface area contributed by atoms with Gasteiger partial charge in [-0.15, -0.1) is 0 Å². The molecule has 0 bridgehead atoms. The molecular formula is C19H21BN6O2. The third-order valence-corrected chi connectivity index (χ3v) is 6.64. The summed E-state index contributed by atoms with van der Waals surface area (Å²) in [7, 11) is 5.94. The van der Waals surface area contributed by atoms with Crippen LogP contribution < -0.4 is 27.4 Å². The fourth-order valence-electron chi connectivity index (χ4n) is 4.71. The van der Waals surface area contributed by atoms with Gasteiger partial charge in [0.15, 0.2) is 0 Å². The quantitative estimate of drug-likeness (QED) is 0.669. The summed E-state index contributed by atoms with van der Waals surface area (Å²) in [6.45, 7) is 1.83. The van der Waals surface area contributed by atoms with Gasteiger partial charge in [-0.25, -0.2) is 9.97 Å². The molecule has 1 aliphatic heterocycles. The fourth-order valence-corrected chi connectivity index (χ4v) is 4.71. The van der Waals surface area contributed by atoms with E-state index in [4.69, 9.17) is 13.6 Å². The summed E-state index contributed by atoms with van der Waals surface area (Å²) in [5, 5.41) is 6.11. The number of nitrogens with two attached hydrogens (primary N) is 1. The van der Waals surface area contributed by atoms with Crippen molar-refractivity contribution in [3.05, 3.63) is 34.0 Å². The van der Waals surface area contributed by atoms with Crippen LogP contribution in [-0.2, 0) is 5.66 Å². The van der Waals surface area contributed by atoms with Crippen molar-refractivity contribution in [2.45, 2.75) is 51.1 Å². The van der Waals surface area contributed by atoms with Crippen LogP contribution in [0.4, 0.5) is 17.3 Å². The highest BCUT2D eigenvalue weighted by Crippen LogP contribution is 2.59. The summed E-state index contributed by atoms with van der Waals surface area (Å²) in [6, 6.07) is 1.66. The molecule has 8 nitrogen and oxygen atoms in total. The summed E-state index contributed by atoms with van der Waals surface area (Å²) in [5.74, 6) is 0.237. The van der Waals surface area contributed by atoms with E-state index in [9.17, 15) is 9.59 Å². The van der Waals surface area contributed by atoms with Crippen LogP contribution in [0, 0.1) is 12.3 Å². The number of nitrogens with one attached hydrogen (secondary N) is 2. The van der Waals surface area contributed by atoms with E-state index < -0.39 is 5.66 Å². The number of aromatic nitrogens is 3. The highest BCUT2D eigenvalue weighted by Gasteiger charge is 2.53. The molecular weight excluding hydrogens is 355 g/mol. The van der Waals surface area contributed by atoms with E-state index in [0.29, 0.717) is 16.8 Å². The molecule has 3 heterocycles. The lowest BCUT2D eigenvalue weighted by Crippen LogP contribution is -2.50. The number of hydrogen-bond donors (Lipinski definition) is 3. The molecule has 0 unspecified atom stereocenters. The number of carbonyl (C=O) groups excluding carboxylic acids is 1. The van der Waals surface area contributed by atoms with Crippen molar-refractivity contribution in [2.75, 3.05) is 11.1 Å². The fraction of sp³-hybridized carbons (Fsp3) is 0.474. The molecule has 2 aromatic heterocycles. The molecule has 1 amide bonds. The lowest BCUT2D eigenvalue weighted by molar-refractivity contribution is 0.0822. The third-order valence-electron chi connectivity index (χ3n) is 6.64. The molecule has 0 atom stereocenters. The Morgan fingerprint density at radius 2 is 1.86 bits per heavy atom. The van der Waals surface area contributed by atoms with E-state index in [2.05, 4.69) is 20.6 Å². The Balaban J connectivity index is 1.60. The van der Waals surface area contributed by atoms with Gasteiger partial charge in [0.2, 0.25) is 0 Å². The molecule has 4 N–H and O–H groups in total. The Kier molecular flexibility index (Phi) is 3.45. The largest absolute Gasteiger partial charge is 0.384 e. The van der Waals surface area contributed by atoms with Gasteiger partial charge in [-0.2, -0.15) is 0 Å². The Bertz CT molecular complexity index is 1060. The van der Waals surface area contributed by atoms with Crippen LogP contribution in [0.15, 0.2) is 17.2 Å². The van der Waals surface area contributed by atoms with Crippen LogP contribution in [0.5, 0.6) is 0 Å². The SMILES string of the molecule is [B]c1c(N)ncnc1Nc1cc(C)c2n(c1=O)C1(CCC3(CC3)CC1)NC2=O. The molecule has 2 radical (unpaired) electrons. The molecule has 5 rings (SSSR count). The van der Waals surface area contributed by atoms with Gasteiger partial charge in [0.25, 0.3) is 11.5 Å². The van der Waals surface area contributed by atoms with Crippen molar-refractivity contribution in [2.24, 2.45) is 5.41 Å². The normalized spacial score (nSPS) is 20.8. The van der Waals surface area contributed by atoms with Crippen LogP contribution in [0.25, 0.3) is 0 Å². The highest BCUT2D eigenvalue weighted by molar-refractivity contribution is 6.38. The first-order valence-corrected chi connectivity index (χ1v) is 9.57. The molecule has 3 aliphatic rings. The van der Waals surface area contributed by atoms with Crippen molar-refractivity contribution >= 4 is 36.5 Å². The van der Waals surface area contributed by atoms with E-state index in [1.165, 1.54) is 19.2 Å². The van der Waals surface area contributed by atoms with Gasteiger partial charge in [-0.1, -0.05) is 0 Å². The number of fused-ring (bicyclic) bond motifs is 2. The second-order valence-corrected chi connectivity index (χ2v) is 8.36. The number of nitrogens with zero attached hydrogens (tertiary/aromatic N) is 3. The summed E-state index contributed by atoms with van der Waals surface area (Å²) < 4.78 is 1.66. The average molecular weight is 376 g/mol. The Morgan fingerprint density at radius 3 is 2.54 bits per heavy atom. The van der Waals surface area contributed by atoms with Gasteiger partial charge in [0.05, 0.1) is 0 Å². The molecule has 142 valence electrons. The van der Waals surface area contributed by atoms with Crippen LogP contribution in [-0.4, -0.2) is 28.3 Å². The lowest BCUT2D eigenvalue weighted by atomic mass is 9.79. The second-order valence-electron chi connectivity index (χ2n) is 8.36. The first-order valence-electron chi connectivity index (χ1n) is 9.57. The van der Waals surface area contributed by atoms with E-state index >= 15 is 0 Å². The average Bonchev–Trinajstić information content (AvgIpc) is 3.36. The monoisotopic (exact) mass is 376 g/mol. The Hall–Kier alpha value is -2.84. The number of rotatable bonds is 2. The highest BCUT2D eigenvalue weighted by atomic mass is 16.2. The molecule has 28 heavy (non-hydrogen) atoms. The molecule has 2 aliphatic carbocycles. The third kappa shape index (κ3) is 2.38. The molecule has 2 saturated carbocycles. The maximum Gasteiger partial charge on any atom is 0.276 e. The first-order chi connectivity index (χ1) is 13.3. The van der Waals surface area contributed by atoms with Gasteiger partial charge in [0, 0.05) is 0 Å². The van der Waals surface area contributed by atoms with Crippen molar-refractivity contribution in [1.82, 2.24) is 19.9 Å². The first kappa shape index (κ1) is 17.3. The molecule has 0 saturated heterocycles.